The normalized spacial score (nSPS) is 34.1. The van der Waals surface area contributed by atoms with Crippen LogP contribution in [0.1, 0.15) is 46.0 Å². The molecule has 3 heterocycles. The van der Waals surface area contributed by atoms with Gasteiger partial charge in [-0.25, -0.2) is 0 Å². The van der Waals surface area contributed by atoms with E-state index in [0.29, 0.717) is 24.5 Å². The van der Waals surface area contributed by atoms with E-state index in [1.807, 2.05) is 24.8 Å². The second kappa shape index (κ2) is 6.85. The molecule has 3 rings (SSSR count). The van der Waals surface area contributed by atoms with Crippen LogP contribution in [-0.4, -0.2) is 62.6 Å². The fraction of sp³-hybridized carbons (Fsp3) is 0.765. The summed E-state index contributed by atoms with van der Waals surface area (Å²) in [5.74, 6) is 1.35. The molecule has 0 saturated carbocycles. The van der Waals surface area contributed by atoms with Gasteiger partial charge in [-0.3, -0.25) is 9.59 Å². The molecule has 128 valence electrons. The van der Waals surface area contributed by atoms with Crippen LogP contribution in [0.25, 0.3) is 0 Å². The summed E-state index contributed by atoms with van der Waals surface area (Å²) in [6.07, 6.45) is 5.81. The number of rotatable bonds is 3. The van der Waals surface area contributed by atoms with Gasteiger partial charge >= 0.3 is 0 Å². The number of carbonyl (C=O) groups excluding carboxylic acids is 2. The molecule has 6 heteroatoms. The molecule has 23 heavy (non-hydrogen) atoms. The third-order valence-corrected chi connectivity index (χ3v) is 6.25. The minimum absolute atomic E-state index is 0.0143. The van der Waals surface area contributed by atoms with E-state index < -0.39 is 0 Å². The van der Waals surface area contributed by atoms with Crippen LogP contribution < -0.4 is 0 Å². The first kappa shape index (κ1) is 16.8. The lowest BCUT2D eigenvalue weighted by Gasteiger charge is -2.39. The van der Waals surface area contributed by atoms with Crippen LogP contribution in [0, 0.1) is 0 Å². The zero-order valence-corrected chi connectivity index (χ0v) is 14.7. The quantitative estimate of drug-likeness (QED) is 0.797. The van der Waals surface area contributed by atoms with Crippen LogP contribution in [0.4, 0.5) is 0 Å². The van der Waals surface area contributed by atoms with Gasteiger partial charge in [-0.05, 0) is 39.0 Å². The van der Waals surface area contributed by atoms with Gasteiger partial charge in [-0.2, -0.15) is 0 Å². The standard InChI is InChI=1S/C17H26N2O3S/c1-3-4-11(2)16(21)18-10-23-9-15(18)17(22)19-12-5-6-13(19)8-14(20)7-12/h4,12-15,20H,3,5-10H2,1-2H3. The number of nitrogens with zero attached hydrogens (tertiary/aromatic N) is 2. The van der Waals surface area contributed by atoms with Crippen molar-refractivity contribution in [2.45, 2.75) is 70.2 Å². The van der Waals surface area contributed by atoms with E-state index >= 15 is 0 Å². The Bertz CT molecular complexity index is 508. The molecule has 3 aliphatic rings. The molecule has 0 aromatic heterocycles. The Kier molecular flexibility index (Phi) is 5.01. The summed E-state index contributed by atoms with van der Waals surface area (Å²) in [5.41, 5.74) is 0.727. The van der Waals surface area contributed by atoms with Crippen molar-refractivity contribution in [3.63, 3.8) is 0 Å². The van der Waals surface area contributed by atoms with Crippen molar-refractivity contribution < 1.29 is 14.7 Å². The van der Waals surface area contributed by atoms with Gasteiger partial charge in [0.05, 0.1) is 12.0 Å². The molecule has 3 fully saturated rings. The Hall–Kier alpha value is -1.01. The maximum Gasteiger partial charge on any atom is 0.250 e. The second-order valence-electron chi connectivity index (χ2n) is 6.84. The van der Waals surface area contributed by atoms with Crippen molar-refractivity contribution in [3.8, 4) is 0 Å². The number of piperidine rings is 1. The average molecular weight is 338 g/mol. The SMILES string of the molecule is CCC=C(C)C(=O)N1CSCC1C(=O)N1C2CCC1CC(O)C2. The van der Waals surface area contributed by atoms with Gasteiger partial charge in [0.2, 0.25) is 5.91 Å². The Morgan fingerprint density at radius 2 is 1.91 bits per heavy atom. The molecule has 3 saturated heterocycles. The maximum absolute atomic E-state index is 13.1. The molecular weight excluding hydrogens is 312 g/mol. The van der Waals surface area contributed by atoms with Gasteiger partial charge in [-0.15, -0.1) is 11.8 Å². The van der Waals surface area contributed by atoms with Gasteiger partial charge in [-0.1, -0.05) is 13.0 Å². The lowest BCUT2D eigenvalue weighted by Crippen LogP contribution is -2.55. The number of allylic oxidation sites excluding steroid dienone is 1. The van der Waals surface area contributed by atoms with Crippen LogP contribution in [0.5, 0.6) is 0 Å². The molecule has 0 spiro atoms. The summed E-state index contributed by atoms with van der Waals surface area (Å²) in [5, 5.41) is 9.91. The van der Waals surface area contributed by atoms with Crippen molar-refractivity contribution in [2.24, 2.45) is 0 Å². The lowest BCUT2D eigenvalue weighted by atomic mass is 9.98. The maximum atomic E-state index is 13.1. The predicted molar refractivity (Wildman–Crippen MR) is 90.9 cm³/mol. The van der Waals surface area contributed by atoms with E-state index in [4.69, 9.17) is 0 Å². The first-order chi connectivity index (χ1) is 11.0. The molecule has 2 amide bonds. The van der Waals surface area contributed by atoms with Crippen molar-refractivity contribution in [2.75, 3.05) is 11.6 Å². The van der Waals surface area contributed by atoms with E-state index in [1.54, 1.807) is 16.7 Å². The van der Waals surface area contributed by atoms with Gasteiger partial charge < -0.3 is 14.9 Å². The fourth-order valence-corrected chi connectivity index (χ4v) is 5.29. The number of thioether (sulfide) groups is 1. The number of aliphatic hydroxyl groups excluding tert-OH is 1. The largest absolute Gasteiger partial charge is 0.393 e. The van der Waals surface area contributed by atoms with Crippen LogP contribution in [0.15, 0.2) is 11.6 Å². The van der Waals surface area contributed by atoms with E-state index in [2.05, 4.69) is 0 Å². The first-order valence-electron chi connectivity index (χ1n) is 8.58. The number of amides is 2. The smallest absolute Gasteiger partial charge is 0.250 e. The molecule has 1 N–H and O–H groups in total. The number of hydrogen-bond donors (Lipinski definition) is 1. The third-order valence-electron chi connectivity index (χ3n) is 5.24. The highest BCUT2D eigenvalue weighted by molar-refractivity contribution is 7.99. The molecule has 0 aromatic rings. The summed E-state index contributed by atoms with van der Waals surface area (Å²) >= 11 is 1.65. The number of aliphatic hydroxyl groups is 1. The van der Waals surface area contributed by atoms with Crippen LogP contribution in [0.2, 0.25) is 0 Å². The van der Waals surface area contributed by atoms with E-state index in [-0.39, 0.29) is 36.0 Å². The number of carbonyl (C=O) groups is 2. The summed E-state index contributed by atoms with van der Waals surface area (Å²) < 4.78 is 0. The summed E-state index contributed by atoms with van der Waals surface area (Å²) in [4.78, 5) is 29.4. The Labute approximate surface area is 142 Å². The highest BCUT2D eigenvalue weighted by atomic mass is 32.2. The van der Waals surface area contributed by atoms with Gasteiger partial charge in [0.1, 0.15) is 6.04 Å². The van der Waals surface area contributed by atoms with E-state index in [9.17, 15) is 14.7 Å². The van der Waals surface area contributed by atoms with Crippen LogP contribution >= 0.6 is 11.8 Å². The highest BCUT2D eigenvalue weighted by Crippen LogP contribution is 2.37. The zero-order chi connectivity index (χ0) is 16.6. The molecule has 0 radical (unpaired) electrons. The summed E-state index contributed by atoms with van der Waals surface area (Å²) in [7, 11) is 0. The van der Waals surface area contributed by atoms with E-state index in [0.717, 1.165) is 24.8 Å². The average Bonchev–Trinajstić information content (AvgIpc) is 3.10. The molecule has 3 aliphatic heterocycles. The minimum Gasteiger partial charge on any atom is -0.393 e. The molecule has 3 atom stereocenters. The van der Waals surface area contributed by atoms with Crippen molar-refractivity contribution >= 4 is 23.6 Å². The lowest BCUT2D eigenvalue weighted by molar-refractivity contribution is -0.146. The first-order valence-corrected chi connectivity index (χ1v) is 9.74. The molecular formula is C17H26N2O3S. The van der Waals surface area contributed by atoms with Crippen molar-refractivity contribution in [3.05, 3.63) is 11.6 Å². The summed E-state index contributed by atoms with van der Waals surface area (Å²) in [6, 6.07) is -0.0248. The van der Waals surface area contributed by atoms with Gasteiger partial charge in [0, 0.05) is 23.4 Å². The summed E-state index contributed by atoms with van der Waals surface area (Å²) in [6.45, 7) is 3.84. The third kappa shape index (κ3) is 3.15. The molecule has 5 nitrogen and oxygen atoms in total. The minimum atomic E-state index is -0.342. The fourth-order valence-electron chi connectivity index (χ4n) is 4.15. The van der Waals surface area contributed by atoms with Gasteiger partial charge in [0.15, 0.2) is 0 Å². The Balaban J connectivity index is 1.74. The number of hydrogen-bond acceptors (Lipinski definition) is 4. The topological polar surface area (TPSA) is 60.9 Å². The van der Waals surface area contributed by atoms with Crippen molar-refractivity contribution in [1.82, 2.24) is 9.80 Å². The van der Waals surface area contributed by atoms with E-state index in [1.165, 1.54) is 0 Å². The van der Waals surface area contributed by atoms with Crippen LogP contribution in [0.3, 0.4) is 0 Å². The second-order valence-corrected chi connectivity index (χ2v) is 7.84. The highest BCUT2D eigenvalue weighted by Gasteiger charge is 2.47. The Morgan fingerprint density at radius 3 is 2.52 bits per heavy atom. The molecule has 0 aliphatic carbocycles. The van der Waals surface area contributed by atoms with Crippen LogP contribution in [-0.2, 0) is 9.59 Å². The Morgan fingerprint density at radius 1 is 1.26 bits per heavy atom. The molecule has 0 aromatic carbocycles. The van der Waals surface area contributed by atoms with Gasteiger partial charge in [0.25, 0.3) is 5.91 Å². The number of fused-ring (bicyclic) bond motifs is 2. The predicted octanol–water partition coefficient (Wildman–Crippen LogP) is 1.76. The molecule has 2 bridgehead atoms. The molecule has 3 unspecified atom stereocenters. The van der Waals surface area contributed by atoms with Crippen molar-refractivity contribution in [1.29, 1.82) is 0 Å². The zero-order valence-electron chi connectivity index (χ0n) is 13.9. The monoisotopic (exact) mass is 338 g/mol.